The third-order valence-corrected chi connectivity index (χ3v) is 3.34. The highest BCUT2D eigenvalue weighted by Crippen LogP contribution is 2.37. The molecule has 0 amide bonds. The largest absolute Gasteiger partial charge is 0.507 e. The van der Waals surface area contributed by atoms with E-state index >= 15 is 0 Å². The van der Waals surface area contributed by atoms with Gasteiger partial charge in [-0.05, 0) is 40.8 Å². The van der Waals surface area contributed by atoms with Crippen LogP contribution in [-0.4, -0.2) is 16.2 Å². The number of rotatable bonds is 2. The summed E-state index contributed by atoms with van der Waals surface area (Å²) in [4.78, 5) is 11.3. The average molecular weight is 306 g/mol. The molecule has 0 unspecified atom stereocenters. The van der Waals surface area contributed by atoms with Crippen molar-refractivity contribution in [3.05, 3.63) is 53.1 Å². The number of aromatic carboxylic acids is 1. The van der Waals surface area contributed by atoms with E-state index in [1.54, 1.807) is 6.07 Å². The van der Waals surface area contributed by atoms with Crippen LogP contribution in [0.3, 0.4) is 0 Å². The van der Waals surface area contributed by atoms with E-state index in [1.807, 2.05) is 20.8 Å². The van der Waals surface area contributed by atoms with E-state index in [2.05, 4.69) is 0 Å². The Morgan fingerprint density at radius 2 is 1.45 bits per heavy atom. The van der Waals surface area contributed by atoms with Gasteiger partial charge in [0, 0.05) is 11.6 Å². The predicted octanol–water partition coefficient (Wildman–Crippen LogP) is 4.33. The van der Waals surface area contributed by atoms with Crippen LogP contribution in [-0.2, 0) is 5.41 Å². The molecule has 2 rings (SSSR count). The minimum Gasteiger partial charge on any atom is -0.507 e. The molecule has 3 nitrogen and oxygen atoms in total. The highest BCUT2D eigenvalue weighted by molar-refractivity contribution is 5.93. The Kier molecular flexibility index (Phi) is 3.92. The van der Waals surface area contributed by atoms with E-state index in [-0.39, 0.29) is 16.9 Å². The quantitative estimate of drug-likeness (QED) is 0.868. The molecule has 0 atom stereocenters. The van der Waals surface area contributed by atoms with Gasteiger partial charge >= 0.3 is 5.97 Å². The number of hydrogen-bond acceptors (Lipinski definition) is 2. The lowest BCUT2D eigenvalue weighted by atomic mass is 9.83. The first-order valence-corrected chi connectivity index (χ1v) is 6.67. The number of halogens is 2. The summed E-state index contributed by atoms with van der Waals surface area (Å²) in [6.45, 7) is 5.43. The molecule has 2 N–H and O–H groups in total. The van der Waals surface area contributed by atoms with Gasteiger partial charge in [0.05, 0.1) is 0 Å². The summed E-state index contributed by atoms with van der Waals surface area (Å²) in [5, 5.41) is 19.4. The van der Waals surface area contributed by atoms with Crippen LogP contribution in [0.2, 0.25) is 0 Å². The summed E-state index contributed by atoms with van der Waals surface area (Å²) in [6.07, 6.45) is 0. The van der Waals surface area contributed by atoms with Crippen LogP contribution in [0.15, 0.2) is 30.3 Å². The van der Waals surface area contributed by atoms with Gasteiger partial charge in [0.1, 0.15) is 22.9 Å². The first-order chi connectivity index (χ1) is 10.1. The van der Waals surface area contributed by atoms with Crippen molar-refractivity contribution in [2.75, 3.05) is 0 Å². The average Bonchev–Trinajstić information content (AvgIpc) is 2.35. The molecule has 0 bridgehead atoms. The molecule has 116 valence electrons. The highest BCUT2D eigenvalue weighted by atomic mass is 19.1. The molecule has 5 heteroatoms. The summed E-state index contributed by atoms with van der Waals surface area (Å²) >= 11 is 0. The minimum absolute atomic E-state index is 0.213. The number of benzene rings is 2. The van der Waals surface area contributed by atoms with Crippen LogP contribution in [0.1, 0.15) is 36.7 Å². The van der Waals surface area contributed by atoms with E-state index in [0.717, 1.165) is 18.2 Å². The Balaban J connectivity index is 2.76. The molecule has 0 fully saturated rings. The molecule has 0 aromatic heterocycles. The second-order valence-electron chi connectivity index (χ2n) is 6.13. The molecule has 0 radical (unpaired) electrons. The van der Waals surface area contributed by atoms with Crippen LogP contribution in [0.4, 0.5) is 8.78 Å². The molecular formula is C17H16F2O3. The van der Waals surface area contributed by atoms with E-state index in [9.17, 15) is 23.8 Å². The zero-order chi connectivity index (χ0) is 16.7. The molecule has 0 aliphatic carbocycles. The summed E-state index contributed by atoms with van der Waals surface area (Å²) in [5.74, 6) is -3.14. The molecule has 0 saturated carbocycles. The summed E-state index contributed by atoms with van der Waals surface area (Å²) in [6, 6.07) is 5.74. The molecule has 2 aromatic carbocycles. The van der Waals surface area contributed by atoms with Crippen molar-refractivity contribution in [1.82, 2.24) is 0 Å². The number of phenols is 1. The molecule has 22 heavy (non-hydrogen) atoms. The van der Waals surface area contributed by atoms with Crippen LogP contribution in [0.25, 0.3) is 11.1 Å². The van der Waals surface area contributed by atoms with Crippen LogP contribution in [0.5, 0.6) is 5.75 Å². The normalized spacial score (nSPS) is 11.5. The third-order valence-electron chi connectivity index (χ3n) is 3.34. The summed E-state index contributed by atoms with van der Waals surface area (Å²) < 4.78 is 26.8. The third kappa shape index (κ3) is 3.08. The van der Waals surface area contributed by atoms with Gasteiger partial charge in [0.15, 0.2) is 0 Å². The van der Waals surface area contributed by atoms with Gasteiger partial charge < -0.3 is 10.2 Å². The fourth-order valence-corrected chi connectivity index (χ4v) is 2.26. The second kappa shape index (κ2) is 5.40. The summed E-state index contributed by atoms with van der Waals surface area (Å²) in [7, 11) is 0. The Labute approximate surface area is 126 Å². The zero-order valence-corrected chi connectivity index (χ0v) is 12.4. The van der Waals surface area contributed by atoms with Crippen LogP contribution < -0.4 is 0 Å². The van der Waals surface area contributed by atoms with E-state index in [0.29, 0.717) is 11.1 Å². The minimum atomic E-state index is -1.30. The van der Waals surface area contributed by atoms with E-state index < -0.39 is 23.0 Å². The molecule has 0 heterocycles. The van der Waals surface area contributed by atoms with Gasteiger partial charge in [0.2, 0.25) is 0 Å². The maximum atomic E-state index is 13.4. The van der Waals surface area contributed by atoms with Crippen molar-refractivity contribution in [2.24, 2.45) is 0 Å². The summed E-state index contributed by atoms with van der Waals surface area (Å²) in [5.41, 5.74) is 0.110. The maximum absolute atomic E-state index is 13.4. The first-order valence-electron chi connectivity index (χ1n) is 6.67. The fraction of sp³-hybridized carbons (Fsp3) is 0.235. The van der Waals surface area contributed by atoms with Gasteiger partial charge in [-0.15, -0.1) is 0 Å². The number of carbonyl (C=O) groups is 1. The van der Waals surface area contributed by atoms with E-state index in [1.165, 1.54) is 6.07 Å². The van der Waals surface area contributed by atoms with Crippen molar-refractivity contribution in [2.45, 2.75) is 26.2 Å². The zero-order valence-electron chi connectivity index (χ0n) is 12.4. The van der Waals surface area contributed by atoms with E-state index in [4.69, 9.17) is 0 Å². The molecule has 0 aliphatic rings. The topological polar surface area (TPSA) is 57.5 Å². The number of carboxylic acid groups (broad SMARTS) is 1. The Bertz CT molecular complexity index is 726. The fourth-order valence-electron chi connectivity index (χ4n) is 2.26. The van der Waals surface area contributed by atoms with Crippen molar-refractivity contribution in [1.29, 1.82) is 0 Å². The molecular weight excluding hydrogens is 290 g/mol. The SMILES string of the molecule is CC(C)(C)c1cc(-c2cc(F)cc(F)c2)cc(C(=O)O)c1O. The highest BCUT2D eigenvalue weighted by Gasteiger charge is 2.24. The monoisotopic (exact) mass is 306 g/mol. The van der Waals surface area contributed by atoms with Gasteiger partial charge in [-0.2, -0.15) is 0 Å². The van der Waals surface area contributed by atoms with Gasteiger partial charge in [-0.1, -0.05) is 20.8 Å². The van der Waals surface area contributed by atoms with Crippen molar-refractivity contribution in [3.63, 3.8) is 0 Å². The van der Waals surface area contributed by atoms with Crippen molar-refractivity contribution in [3.8, 4) is 16.9 Å². The number of carboxylic acids is 1. The lowest BCUT2D eigenvalue weighted by Crippen LogP contribution is -2.13. The van der Waals surface area contributed by atoms with Gasteiger partial charge in [-0.25, -0.2) is 13.6 Å². The second-order valence-corrected chi connectivity index (χ2v) is 6.13. The van der Waals surface area contributed by atoms with Crippen molar-refractivity contribution >= 4 is 5.97 Å². The number of aromatic hydroxyl groups is 1. The molecule has 0 spiro atoms. The standard InChI is InChI=1S/C17H16F2O3/c1-17(2,3)14-7-10(6-13(15(14)20)16(21)22)9-4-11(18)8-12(19)5-9/h4-8,20H,1-3H3,(H,21,22). The smallest absolute Gasteiger partial charge is 0.339 e. The Hall–Kier alpha value is -2.43. The first kappa shape index (κ1) is 15.9. The molecule has 0 saturated heterocycles. The lowest BCUT2D eigenvalue weighted by molar-refractivity contribution is 0.0693. The Morgan fingerprint density at radius 1 is 0.955 bits per heavy atom. The molecule has 0 aliphatic heterocycles. The maximum Gasteiger partial charge on any atom is 0.339 e. The molecule has 2 aromatic rings. The van der Waals surface area contributed by atoms with Gasteiger partial charge in [0.25, 0.3) is 0 Å². The lowest BCUT2D eigenvalue weighted by Gasteiger charge is -2.22. The predicted molar refractivity (Wildman–Crippen MR) is 79.1 cm³/mol. The Morgan fingerprint density at radius 3 is 1.91 bits per heavy atom. The number of hydrogen-bond donors (Lipinski definition) is 2. The van der Waals surface area contributed by atoms with Gasteiger partial charge in [-0.3, -0.25) is 0 Å². The van der Waals surface area contributed by atoms with Crippen LogP contribution >= 0.6 is 0 Å². The van der Waals surface area contributed by atoms with Crippen LogP contribution in [0, 0.1) is 11.6 Å². The van der Waals surface area contributed by atoms with Crippen molar-refractivity contribution < 1.29 is 23.8 Å².